The molecule has 0 aromatic carbocycles. The van der Waals surface area contributed by atoms with Crippen molar-refractivity contribution < 1.29 is 14.6 Å². The average molecular weight is 306 g/mol. The van der Waals surface area contributed by atoms with Crippen molar-refractivity contribution in [2.24, 2.45) is 28.6 Å². The zero-order valence-electron chi connectivity index (χ0n) is 13.5. The maximum atomic E-state index is 14.2. The highest BCUT2D eigenvalue weighted by atomic mass is 19.1. The highest BCUT2D eigenvalue weighted by Crippen LogP contribution is 2.64. The Morgan fingerprint density at radius 1 is 1.23 bits per heavy atom. The molecule has 0 bridgehead atoms. The summed E-state index contributed by atoms with van der Waals surface area (Å²) in [6.07, 6.45) is 8.45. The molecule has 22 heavy (non-hydrogen) atoms. The van der Waals surface area contributed by atoms with E-state index in [9.17, 15) is 14.6 Å². The molecule has 2 saturated carbocycles. The Balaban J connectivity index is 1.71. The van der Waals surface area contributed by atoms with Crippen LogP contribution in [0.25, 0.3) is 0 Å². The van der Waals surface area contributed by atoms with Gasteiger partial charge in [-0.15, -0.1) is 0 Å². The average Bonchev–Trinajstić information content (AvgIpc) is 2.72. The lowest BCUT2D eigenvalue weighted by atomic mass is 9.49. The van der Waals surface area contributed by atoms with Crippen LogP contribution in [-0.2, 0) is 0 Å². The van der Waals surface area contributed by atoms with Gasteiger partial charge in [-0.25, -0.2) is 4.39 Å². The van der Waals surface area contributed by atoms with Crippen molar-refractivity contribution in [2.45, 2.75) is 64.3 Å². The molecule has 8 atom stereocenters. The second-order valence-corrected chi connectivity index (χ2v) is 8.50. The minimum atomic E-state index is -1.06. The van der Waals surface area contributed by atoms with Crippen LogP contribution in [0.4, 0.5) is 4.39 Å². The van der Waals surface area contributed by atoms with Crippen molar-refractivity contribution in [3.63, 3.8) is 0 Å². The lowest BCUT2D eigenvalue weighted by molar-refractivity contribution is -0.0627. The second-order valence-electron chi connectivity index (χ2n) is 8.50. The standard InChI is InChI=1S/C19H27FO2/c1-18-7-5-12(21)9-11(18)3-4-13-14(18)6-8-19(2)15(13)10-16(20)17(19)22/h3,5,7,12-17,21-22H,4,6,8-10H2,1-2H3/t12-,13+,14-,15-,16+,17-,18-,19-/m0/s1. The first kappa shape index (κ1) is 14.9. The van der Waals surface area contributed by atoms with Gasteiger partial charge in [0.25, 0.3) is 0 Å². The zero-order valence-corrected chi connectivity index (χ0v) is 13.5. The van der Waals surface area contributed by atoms with Crippen molar-refractivity contribution >= 4 is 0 Å². The van der Waals surface area contributed by atoms with Crippen LogP contribution in [0, 0.1) is 28.6 Å². The molecule has 0 spiro atoms. The first-order valence-electron chi connectivity index (χ1n) is 8.75. The first-order chi connectivity index (χ1) is 10.4. The molecule has 2 nitrogen and oxygen atoms in total. The molecule has 4 aliphatic rings. The Morgan fingerprint density at radius 2 is 2.00 bits per heavy atom. The van der Waals surface area contributed by atoms with E-state index in [0.717, 1.165) is 25.7 Å². The fraction of sp³-hybridized carbons (Fsp3) is 0.789. The second kappa shape index (κ2) is 4.67. The minimum Gasteiger partial charge on any atom is -0.390 e. The van der Waals surface area contributed by atoms with E-state index in [2.05, 4.69) is 26.0 Å². The van der Waals surface area contributed by atoms with Crippen molar-refractivity contribution in [2.75, 3.05) is 0 Å². The van der Waals surface area contributed by atoms with Crippen LogP contribution < -0.4 is 0 Å². The molecule has 2 fully saturated rings. The van der Waals surface area contributed by atoms with E-state index in [-0.39, 0.29) is 22.9 Å². The lowest BCUT2D eigenvalue weighted by Crippen LogP contribution is -2.50. The third kappa shape index (κ3) is 1.78. The van der Waals surface area contributed by atoms with Gasteiger partial charge in [0.05, 0.1) is 12.2 Å². The van der Waals surface area contributed by atoms with E-state index >= 15 is 0 Å². The fourth-order valence-corrected chi connectivity index (χ4v) is 6.18. The summed E-state index contributed by atoms with van der Waals surface area (Å²) in [7, 11) is 0. The van der Waals surface area contributed by atoms with Crippen molar-refractivity contribution in [3.05, 3.63) is 23.8 Å². The van der Waals surface area contributed by atoms with Crippen molar-refractivity contribution in [1.82, 2.24) is 0 Å². The highest BCUT2D eigenvalue weighted by Gasteiger charge is 2.60. The highest BCUT2D eigenvalue weighted by molar-refractivity contribution is 5.33. The maximum Gasteiger partial charge on any atom is 0.127 e. The summed E-state index contributed by atoms with van der Waals surface area (Å²) >= 11 is 0. The van der Waals surface area contributed by atoms with Crippen LogP contribution >= 0.6 is 0 Å². The Hall–Kier alpha value is -0.670. The number of hydrogen-bond donors (Lipinski definition) is 2. The van der Waals surface area contributed by atoms with E-state index in [0.29, 0.717) is 18.3 Å². The van der Waals surface area contributed by atoms with Crippen LogP contribution in [0.1, 0.15) is 46.0 Å². The van der Waals surface area contributed by atoms with Crippen LogP contribution in [0.5, 0.6) is 0 Å². The van der Waals surface area contributed by atoms with Gasteiger partial charge in [0.2, 0.25) is 0 Å². The summed E-state index contributed by atoms with van der Waals surface area (Å²) in [5.74, 6) is 1.26. The molecule has 4 aliphatic carbocycles. The molecule has 0 amide bonds. The topological polar surface area (TPSA) is 40.5 Å². The number of allylic oxidation sites excluding steroid dienone is 2. The summed E-state index contributed by atoms with van der Waals surface area (Å²) in [5, 5.41) is 20.2. The number of rotatable bonds is 0. The lowest BCUT2D eigenvalue weighted by Gasteiger charge is -2.56. The molecule has 0 saturated heterocycles. The maximum absolute atomic E-state index is 14.2. The summed E-state index contributed by atoms with van der Waals surface area (Å²) in [6, 6.07) is 0. The van der Waals surface area contributed by atoms with Gasteiger partial charge in [-0.2, -0.15) is 0 Å². The molecular weight excluding hydrogens is 279 g/mol. The van der Waals surface area contributed by atoms with Gasteiger partial charge >= 0.3 is 0 Å². The monoisotopic (exact) mass is 306 g/mol. The van der Waals surface area contributed by atoms with E-state index in [1.165, 1.54) is 5.57 Å². The van der Waals surface area contributed by atoms with E-state index in [1.54, 1.807) is 0 Å². The number of aliphatic hydroxyl groups excluding tert-OH is 2. The van der Waals surface area contributed by atoms with Gasteiger partial charge in [-0.1, -0.05) is 37.6 Å². The third-order valence-electron chi connectivity index (χ3n) is 7.56. The number of aliphatic hydroxyl groups is 2. The van der Waals surface area contributed by atoms with Crippen LogP contribution in [0.3, 0.4) is 0 Å². The Kier molecular flexibility index (Phi) is 3.16. The predicted molar refractivity (Wildman–Crippen MR) is 83.9 cm³/mol. The molecular formula is C19H27FO2. The van der Waals surface area contributed by atoms with Gasteiger partial charge in [0, 0.05) is 5.41 Å². The summed E-state index contributed by atoms with van der Waals surface area (Å²) in [4.78, 5) is 0. The van der Waals surface area contributed by atoms with Crippen LogP contribution in [0.15, 0.2) is 23.8 Å². The molecule has 122 valence electrons. The van der Waals surface area contributed by atoms with E-state index in [4.69, 9.17) is 0 Å². The minimum absolute atomic E-state index is 0.0167. The molecule has 0 aromatic heterocycles. The Morgan fingerprint density at radius 3 is 2.77 bits per heavy atom. The molecule has 0 radical (unpaired) electrons. The molecule has 3 heteroatoms. The largest absolute Gasteiger partial charge is 0.390 e. The first-order valence-corrected chi connectivity index (χ1v) is 8.75. The van der Waals surface area contributed by atoms with Gasteiger partial charge < -0.3 is 10.2 Å². The summed E-state index contributed by atoms with van der Waals surface area (Å²) in [5.41, 5.74) is 1.13. The molecule has 0 aliphatic heterocycles. The van der Waals surface area contributed by atoms with Gasteiger partial charge in [0.15, 0.2) is 0 Å². The van der Waals surface area contributed by atoms with Gasteiger partial charge in [-0.05, 0) is 55.3 Å². The number of alkyl halides is 1. The normalized spacial score (nSPS) is 56.9. The van der Waals surface area contributed by atoms with E-state index in [1.807, 2.05) is 6.08 Å². The van der Waals surface area contributed by atoms with Crippen molar-refractivity contribution in [1.29, 1.82) is 0 Å². The smallest absolute Gasteiger partial charge is 0.127 e. The van der Waals surface area contributed by atoms with Gasteiger partial charge in [0.1, 0.15) is 6.17 Å². The third-order valence-corrected chi connectivity index (χ3v) is 7.56. The number of halogens is 1. The Bertz CT molecular complexity index is 542. The Labute approximate surface area is 132 Å². The summed E-state index contributed by atoms with van der Waals surface area (Å²) < 4.78 is 14.2. The molecule has 0 aromatic rings. The predicted octanol–water partition coefficient (Wildman–Crippen LogP) is 3.40. The number of fused-ring (bicyclic) bond motifs is 5. The molecule has 4 rings (SSSR count). The quantitative estimate of drug-likeness (QED) is 0.673. The summed E-state index contributed by atoms with van der Waals surface area (Å²) in [6.45, 7) is 4.39. The van der Waals surface area contributed by atoms with Crippen molar-refractivity contribution in [3.8, 4) is 0 Å². The number of hydrogen-bond acceptors (Lipinski definition) is 2. The molecule has 0 heterocycles. The van der Waals surface area contributed by atoms with Crippen LogP contribution in [0.2, 0.25) is 0 Å². The van der Waals surface area contributed by atoms with Crippen LogP contribution in [-0.4, -0.2) is 28.6 Å². The van der Waals surface area contributed by atoms with E-state index < -0.39 is 12.3 Å². The molecule has 0 unspecified atom stereocenters. The molecule has 2 N–H and O–H groups in total. The SMILES string of the molecule is C[C@]12CC[C@H]3[C@@H](CC=C4C[C@@H](O)C=C[C@@]43C)[C@@H]1C[C@@H](F)[C@@H]2O. The zero-order chi connectivity index (χ0) is 15.7. The fourth-order valence-electron chi connectivity index (χ4n) is 6.18. The van der Waals surface area contributed by atoms with Gasteiger partial charge in [-0.3, -0.25) is 0 Å².